The summed E-state index contributed by atoms with van der Waals surface area (Å²) < 4.78 is 18.6. The molecule has 1 aliphatic rings. The Balaban J connectivity index is 1.58. The molecule has 29 heavy (non-hydrogen) atoms. The molecule has 0 saturated carbocycles. The largest absolute Gasteiger partial charge is 0.334 e. The van der Waals surface area contributed by atoms with E-state index in [-0.39, 0.29) is 12.4 Å². The minimum Gasteiger partial charge on any atom is -0.334 e. The van der Waals surface area contributed by atoms with Crippen molar-refractivity contribution in [3.8, 4) is 11.5 Å². The van der Waals surface area contributed by atoms with Crippen molar-refractivity contribution < 1.29 is 18.5 Å². The first-order valence-electron chi connectivity index (χ1n) is 9.23. The van der Waals surface area contributed by atoms with Crippen LogP contribution in [0, 0.1) is 12.7 Å². The summed E-state index contributed by atoms with van der Waals surface area (Å²) in [6.07, 6.45) is 0.320. The van der Waals surface area contributed by atoms with Gasteiger partial charge in [0.05, 0.1) is 6.54 Å². The lowest BCUT2D eigenvalue weighted by atomic mass is 9.87. The van der Waals surface area contributed by atoms with Crippen LogP contribution in [-0.4, -0.2) is 27.0 Å². The number of hydrogen-bond donors (Lipinski definition) is 1. The van der Waals surface area contributed by atoms with Gasteiger partial charge in [0, 0.05) is 5.56 Å². The number of nitrogens with one attached hydrogen (secondary N) is 1. The summed E-state index contributed by atoms with van der Waals surface area (Å²) in [6, 6.07) is 12.6. The van der Waals surface area contributed by atoms with E-state index in [0.717, 1.165) is 16.0 Å². The van der Waals surface area contributed by atoms with Crippen LogP contribution >= 0.6 is 0 Å². The number of rotatable bonds is 5. The highest BCUT2D eigenvalue weighted by Gasteiger charge is 2.51. The Morgan fingerprint density at radius 3 is 2.45 bits per heavy atom. The van der Waals surface area contributed by atoms with Gasteiger partial charge in [-0.1, -0.05) is 41.9 Å². The van der Waals surface area contributed by atoms with Crippen molar-refractivity contribution in [1.82, 2.24) is 20.4 Å². The molecule has 2 heterocycles. The second-order valence-electron chi connectivity index (χ2n) is 6.97. The molecule has 0 bridgehead atoms. The highest BCUT2D eigenvalue weighted by atomic mass is 19.1. The zero-order chi connectivity index (χ0) is 20.6. The number of aryl methyl sites for hydroxylation is 1. The smallest absolute Gasteiger partial charge is 0.325 e. The van der Waals surface area contributed by atoms with Crippen molar-refractivity contribution in [3.63, 3.8) is 0 Å². The standard InChI is InChI=1S/C21H19FN4O3/c1-3-21(15-8-10-16(22)11-9-15)19(27)26(20(28)24-21)12-17-23-18(29-25-17)14-6-4-13(2)5-7-14/h4-11H,3,12H2,1-2H3,(H,24,28)/t21-/m1/s1. The van der Waals surface area contributed by atoms with Gasteiger partial charge >= 0.3 is 6.03 Å². The van der Waals surface area contributed by atoms with Gasteiger partial charge in [-0.05, 0) is 43.2 Å². The van der Waals surface area contributed by atoms with E-state index in [4.69, 9.17) is 4.52 Å². The molecule has 1 N–H and O–H groups in total. The lowest BCUT2D eigenvalue weighted by Gasteiger charge is -2.25. The van der Waals surface area contributed by atoms with Crippen molar-refractivity contribution in [1.29, 1.82) is 0 Å². The number of hydrogen-bond acceptors (Lipinski definition) is 5. The van der Waals surface area contributed by atoms with E-state index in [9.17, 15) is 14.0 Å². The molecule has 0 aliphatic carbocycles. The maximum atomic E-state index is 13.3. The number of carbonyl (C=O) groups excluding carboxylic acids is 2. The molecule has 0 unspecified atom stereocenters. The second-order valence-corrected chi connectivity index (χ2v) is 6.97. The zero-order valence-corrected chi connectivity index (χ0v) is 16.0. The lowest BCUT2D eigenvalue weighted by Crippen LogP contribution is -2.43. The number of imide groups is 1. The summed E-state index contributed by atoms with van der Waals surface area (Å²) in [5.41, 5.74) is 1.13. The molecule has 3 amide bonds. The van der Waals surface area contributed by atoms with E-state index in [2.05, 4.69) is 15.5 Å². The highest BCUT2D eigenvalue weighted by Crippen LogP contribution is 2.33. The Morgan fingerprint density at radius 2 is 1.79 bits per heavy atom. The third-order valence-electron chi connectivity index (χ3n) is 5.11. The molecule has 8 heteroatoms. The monoisotopic (exact) mass is 394 g/mol. The zero-order valence-electron chi connectivity index (χ0n) is 16.0. The fraction of sp³-hybridized carbons (Fsp3) is 0.238. The summed E-state index contributed by atoms with van der Waals surface area (Å²) in [6.45, 7) is 3.64. The van der Waals surface area contributed by atoms with Crippen LogP contribution in [0.15, 0.2) is 53.1 Å². The van der Waals surface area contributed by atoms with Crippen LogP contribution in [0.5, 0.6) is 0 Å². The Morgan fingerprint density at radius 1 is 1.10 bits per heavy atom. The van der Waals surface area contributed by atoms with Crippen LogP contribution in [0.2, 0.25) is 0 Å². The third kappa shape index (κ3) is 3.26. The molecule has 4 rings (SSSR count). The Hall–Kier alpha value is -3.55. The first-order chi connectivity index (χ1) is 13.9. The van der Waals surface area contributed by atoms with Crippen LogP contribution in [0.3, 0.4) is 0 Å². The molecule has 1 fully saturated rings. The molecule has 7 nitrogen and oxygen atoms in total. The maximum absolute atomic E-state index is 13.3. The van der Waals surface area contributed by atoms with E-state index in [1.54, 1.807) is 6.92 Å². The van der Waals surface area contributed by atoms with Gasteiger partial charge in [-0.25, -0.2) is 9.18 Å². The average molecular weight is 394 g/mol. The van der Waals surface area contributed by atoms with Gasteiger partial charge in [0.25, 0.3) is 11.8 Å². The fourth-order valence-corrected chi connectivity index (χ4v) is 3.42. The van der Waals surface area contributed by atoms with Gasteiger partial charge in [0.1, 0.15) is 11.4 Å². The predicted molar refractivity (Wildman–Crippen MR) is 102 cm³/mol. The Bertz CT molecular complexity index is 1060. The topological polar surface area (TPSA) is 88.3 Å². The number of urea groups is 1. The van der Waals surface area contributed by atoms with Gasteiger partial charge < -0.3 is 9.84 Å². The molecule has 1 aliphatic heterocycles. The summed E-state index contributed by atoms with van der Waals surface area (Å²) >= 11 is 0. The average Bonchev–Trinajstić information content (AvgIpc) is 3.28. The Labute approximate surface area is 166 Å². The number of nitrogens with zero attached hydrogens (tertiary/aromatic N) is 3. The minimum absolute atomic E-state index is 0.122. The van der Waals surface area contributed by atoms with E-state index in [1.807, 2.05) is 31.2 Å². The number of amides is 3. The summed E-state index contributed by atoms with van der Waals surface area (Å²) in [7, 11) is 0. The predicted octanol–water partition coefficient (Wildman–Crippen LogP) is 3.54. The summed E-state index contributed by atoms with van der Waals surface area (Å²) in [4.78, 5) is 31.0. The number of benzene rings is 2. The SMILES string of the molecule is CC[C@]1(c2ccc(F)cc2)NC(=O)N(Cc2noc(-c3ccc(C)cc3)n2)C1=O. The van der Waals surface area contributed by atoms with Crippen LogP contribution in [0.1, 0.15) is 30.3 Å². The lowest BCUT2D eigenvalue weighted by molar-refractivity contribution is -0.132. The molecule has 1 saturated heterocycles. The maximum Gasteiger partial charge on any atom is 0.325 e. The van der Waals surface area contributed by atoms with Crippen molar-refractivity contribution in [2.75, 3.05) is 0 Å². The number of aromatic nitrogens is 2. The van der Waals surface area contributed by atoms with Gasteiger partial charge in [-0.3, -0.25) is 9.69 Å². The molecular weight excluding hydrogens is 375 g/mol. The number of halogens is 1. The number of carbonyl (C=O) groups is 2. The van der Waals surface area contributed by atoms with E-state index < -0.39 is 23.3 Å². The molecule has 1 atom stereocenters. The molecule has 1 aromatic heterocycles. The van der Waals surface area contributed by atoms with E-state index in [0.29, 0.717) is 17.9 Å². The van der Waals surface area contributed by atoms with E-state index in [1.165, 1.54) is 24.3 Å². The van der Waals surface area contributed by atoms with Crippen molar-refractivity contribution >= 4 is 11.9 Å². The highest BCUT2D eigenvalue weighted by molar-refractivity contribution is 6.07. The van der Waals surface area contributed by atoms with Crippen LogP contribution < -0.4 is 5.32 Å². The first kappa shape index (κ1) is 18.8. The molecule has 0 spiro atoms. The van der Waals surface area contributed by atoms with E-state index >= 15 is 0 Å². The van der Waals surface area contributed by atoms with Crippen LogP contribution in [-0.2, 0) is 16.9 Å². The fourth-order valence-electron chi connectivity index (χ4n) is 3.42. The normalized spacial score (nSPS) is 18.9. The van der Waals surface area contributed by atoms with Gasteiger partial charge in [0.15, 0.2) is 5.82 Å². The molecule has 0 radical (unpaired) electrons. The molecule has 3 aromatic rings. The van der Waals surface area contributed by atoms with Crippen molar-refractivity contribution in [2.24, 2.45) is 0 Å². The van der Waals surface area contributed by atoms with Crippen LogP contribution in [0.4, 0.5) is 9.18 Å². The third-order valence-corrected chi connectivity index (χ3v) is 5.11. The van der Waals surface area contributed by atoms with Crippen molar-refractivity contribution in [2.45, 2.75) is 32.4 Å². The Kier molecular flexibility index (Phi) is 4.62. The van der Waals surface area contributed by atoms with Crippen molar-refractivity contribution in [3.05, 3.63) is 71.3 Å². The molecule has 2 aromatic carbocycles. The first-order valence-corrected chi connectivity index (χ1v) is 9.23. The molecular formula is C21H19FN4O3. The van der Waals surface area contributed by atoms with Gasteiger partial charge in [0.2, 0.25) is 0 Å². The van der Waals surface area contributed by atoms with Gasteiger partial charge in [-0.15, -0.1) is 0 Å². The van der Waals surface area contributed by atoms with Gasteiger partial charge in [-0.2, -0.15) is 4.98 Å². The quantitative estimate of drug-likeness (QED) is 0.669. The summed E-state index contributed by atoms with van der Waals surface area (Å²) in [5.74, 6) is -0.315. The summed E-state index contributed by atoms with van der Waals surface area (Å²) in [5, 5.41) is 6.64. The molecule has 148 valence electrons. The van der Waals surface area contributed by atoms with Crippen LogP contribution in [0.25, 0.3) is 11.5 Å². The second kappa shape index (κ2) is 7.12. The minimum atomic E-state index is -1.24.